The number of hydrogen-bond donors (Lipinski definition) is 3. The van der Waals surface area contributed by atoms with Crippen LogP contribution in [0.2, 0.25) is 5.02 Å². The topological polar surface area (TPSA) is 92.9 Å². The van der Waals surface area contributed by atoms with Crippen molar-refractivity contribution in [3.05, 3.63) is 27.9 Å². The Morgan fingerprint density at radius 1 is 1.30 bits per heavy atom. The van der Waals surface area contributed by atoms with Crippen molar-refractivity contribution < 1.29 is 4.79 Å². The van der Waals surface area contributed by atoms with E-state index >= 15 is 0 Å². The van der Waals surface area contributed by atoms with Gasteiger partial charge in [-0.05, 0) is 12.8 Å². The molecule has 1 fully saturated rings. The highest BCUT2D eigenvalue weighted by Gasteiger charge is 2.47. The molecule has 2 aromatic heterocycles. The summed E-state index contributed by atoms with van der Waals surface area (Å²) in [7, 11) is 0. The van der Waals surface area contributed by atoms with E-state index in [0.29, 0.717) is 21.5 Å². The second kappa shape index (κ2) is 5.35. The molecule has 0 bridgehead atoms. The van der Waals surface area contributed by atoms with Crippen molar-refractivity contribution in [2.45, 2.75) is 37.6 Å². The molecule has 6 nitrogen and oxygen atoms in total. The number of hydrogen-bond acceptors (Lipinski definition) is 6. The molecule has 1 spiro atoms. The van der Waals surface area contributed by atoms with Crippen molar-refractivity contribution in [1.29, 1.82) is 0 Å². The van der Waals surface area contributed by atoms with Gasteiger partial charge in [0, 0.05) is 11.6 Å². The number of carbonyl (C=O) groups excluding carboxylic acids is 1. The van der Waals surface area contributed by atoms with Crippen LogP contribution in [0.15, 0.2) is 12.4 Å². The van der Waals surface area contributed by atoms with Crippen LogP contribution in [-0.2, 0) is 5.54 Å². The van der Waals surface area contributed by atoms with E-state index in [-0.39, 0.29) is 11.4 Å². The highest BCUT2D eigenvalue weighted by molar-refractivity contribution is 7.19. The molecule has 0 saturated heterocycles. The number of nitrogens with zero attached hydrogens (tertiary/aromatic N) is 2. The quantitative estimate of drug-likeness (QED) is 0.772. The number of nitrogen functional groups attached to an aromatic ring is 1. The number of carbonyl (C=O) groups is 1. The van der Waals surface area contributed by atoms with Crippen molar-refractivity contribution in [3.63, 3.8) is 0 Å². The first kappa shape index (κ1) is 14.7. The third kappa shape index (κ3) is 2.35. The minimum absolute atomic E-state index is 0.0240. The van der Waals surface area contributed by atoms with Crippen molar-refractivity contribution in [2.75, 3.05) is 11.1 Å². The van der Waals surface area contributed by atoms with Crippen molar-refractivity contribution in [3.8, 4) is 0 Å². The predicted octanol–water partition coefficient (Wildman–Crippen LogP) is 3.42. The molecule has 4 rings (SSSR count). The third-order valence-corrected chi connectivity index (χ3v) is 6.12. The zero-order chi connectivity index (χ0) is 16.0. The number of aromatic nitrogens is 2. The van der Waals surface area contributed by atoms with E-state index < -0.39 is 0 Å². The van der Waals surface area contributed by atoms with E-state index in [1.54, 1.807) is 6.07 Å². The normalized spacial score (nSPS) is 18.7. The Bertz CT molecular complexity index is 784. The predicted molar refractivity (Wildman–Crippen MR) is 91.3 cm³/mol. The first-order valence-corrected chi connectivity index (χ1v) is 8.78. The number of rotatable bonds is 2. The number of halogens is 1. The molecule has 0 atom stereocenters. The van der Waals surface area contributed by atoms with E-state index in [4.69, 9.17) is 17.3 Å². The lowest BCUT2D eigenvalue weighted by Gasteiger charge is -2.34. The molecule has 2 aliphatic rings. The number of anilines is 3. The number of nitrogens with two attached hydrogens (primary N) is 1. The molecule has 3 heterocycles. The van der Waals surface area contributed by atoms with Gasteiger partial charge in [-0.15, -0.1) is 11.3 Å². The number of nitrogens with one attached hydrogen (secondary N) is 2. The summed E-state index contributed by atoms with van der Waals surface area (Å²) in [6.07, 6.45) is 6.71. The number of thiophene rings is 1. The summed E-state index contributed by atoms with van der Waals surface area (Å²) < 4.78 is 0. The van der Waals surface area contributed by atoms with Crippen molar-refractivity contribution >= 4 is 45.5 Å². The van der Waals surface area contributed by atoms with Gasteiger partial charge >= 0.3 is 0 Å². The maximum Gasteiger partial charge on any atom is 0.262 e. The Kier molecular flexibility index (Phi) is 3.42. The minimum Gasteiger partial charge on any atom is -0.384 e. The van der Waals surface area contributed by atoms with Crippen LogP contribution in [0.3, 0.4) is 0 Å². The molecule has 4 N–H and O–H groups in total. The van der Waals surface area contributed by atoms with E-state index in [0.717, 1.165) is 36.2 Å². The van der Waals surface area contributed by atoms with Crippen LogP contribution in [0.4, 0.5) is 16.6 Å². The van der Waals surface area contributed by atoms with Crippen LogP contribution >= 0.6 is 22.9 Å². The van der Waals surface area contributed by atoms with E-state index in [9.17, 15) is 4.79 Å². The molecular formula is C15H16ClN5OS. The molecule has 120 valence electrons. The highest BCUT2D eigenvalue weighted by atomic mass is 35.5. The monoisotopic (exact) mass is 349 g/mol. The third-order valence-electron chi connectivity index (χ3n) is 4.52. The van der Waals surface area contributed by atoms with Crippen molar-refractivity contribution in [2.24, 2.45) is 0 Å². The lowest BCUT2D eigenvalue weighted by molar-refractivity contribution is 0.0912. The van der Waals surface area contributed by atoms with Crippen LogP contribution in [-0.4, -0.2) is 15.9 Å². The summed E-state index contributed by atoms with van der Waals surface area (Å²) in [5, 5.41) is 7.67. The molecule has 1 aliphatic heterocycles. The van der Waals surface area contributed by atoms with Gasteiger partial charge in [0.15, 0.2) is 0 Å². The largest absolute Gasteiger partial charge is 0.384 e. The second-order valence-electron chi connectivity index (χ2n) is 6.00. The highest BCUT2D eigenvalue weighted by Crippen LogP contribution is 2.52. The molecule has 1 aliphatic carbocycles. The smallest absolute Gasteiger partial charge is 0.262 e. The number of fused-ring (bicyclic) bond motifs is 2. The number of amides is 1. The van der Waals surface area contributed by atoms with Gasteiger partial charge in [-0.25, -0.2) is 9.97 Å². The van der Waals surface area contributed by atoms with Gasteiger partial charge in [-0.2, -0.15) is 0 Å². The van der Waals surface area contributed by atoms with Crippen LogP contribution in [0.5, 0.6) is 0 Å². The maximum atomic E-state index is 12.4. The standard InChI is InChI=1S/C15H16ClN5OS/c16-11-10-12(13(22)21-15(10)4-2-1-3-5-15)23-14(11)20-9-6-8(17)18-7-19-9/h6-7H,1-5H2,(H,21,22)(H3,17,18,19,20). The van der Waals surface area contributed by atoms with Crippen LogP contribution in [0.25, 0.3) is 0 Å². The van der Waals surface area contributed by atoms with Crippen molar-refractivity contribution in [1.82, 2.24) is 15.3 Å². The fraction of sp³-hybridized carbons (Fsp3) is 0.400. The summed E-state index contributed by atoms with van der Waals surface area (Å²) in [5.41, 5.74) is 6.34. The average Bonchev–Trinajstić information content (AvgIpc) is 2.98. The molecular weight excluding hydrogens is 334 g/mol. The summed E-state index contributed by atoms with van der Waals surface area (Å²) in [4.78, 5) is 21.1. The molecule has 2 aromatic rings. The Labute approximate surface area is 142 Å². The molecule has 1 saturated carbocycles. The SMILES string of the molecule is Nc1cc(Nc2sc3c(c2Cl)C2(CCCCC2)NC3=O)ncn1. The van der Waals surface area contributed by atoms with Gasteiger partial charge in [0.05, 0.1) is 10.6 Å². The van der Waals surface area contributed by atoms with Gasteiger partial charge in [-0.1, -0.05) is 30.9 Å². The van der Waals surface area contributed by atoms with E-state index in [1.165, 1.54) is 24.1 Å². The molecule has 0 radical (unpaired) electrons. The molecule has 23 heavy (non-hydrogen) atoms. The Balaban J connectivity index is 1.73. The van der Waals surface area contributed by atoms with Gasteiger partial charge in [-0.3, -0.25) is 4.79 Å². The van der Waals surface area contributed by atoms with Crippen LogP contribution in [0, 0.1) is 0 Å². The van der Waals surface area contributed by atoms with E-state index in [2.05, 4.69) is 20.6 Å². The Morgan fingerprint density at radius 3 is 2.83 bits per heavy atom. The average molecular weight is 350 g/mol. The Hall–Kier alpha value is -1.86. The molecule has 8 heteroatoms. The van der Waals surface area contributed by atoms with Gasteiger partial charge < -0.3 is 16.4 Å². The summed E-state index contributed by atoms with van der Waals surface area (Å²) in [5.74, 6) is 0.922. The first-order valence-electron chi connectivity index (χ1n) is 7.59. The Morgan fingerprint density at radius 2 is 2.09 bits per heavy atom. The summed E-state index contributed by atoms with van der Waals surface area (Å²) >= 11 is 8.00. The molecule has 0 aromatic carbocycles. The molecule has 0 unspecified atom stereocenters. The lowest BCUT2D eigenvalue weighted by Crippen LogP contribution is -2.41. The first-order chi connectivity index (χ1) is 11.1. The summed E-state index contributed by atoms with van der Waals surface area (Å²) in [6, 6.07) is 1.64. The zero-order valence-electron chi connectivity index (χ0n) is 12.4. The van der Waals surface area contributed by atoms with Gasteiger partial charge in [0.2, 0.25) is 0 Å². The second-order valence-corrected chi connectivity index (χ2v) is 7.40. The lowest BCUT2D eigenvalue weighted by atomic mass is 9.78. The van der Waals surface area contributed by atoms with Gasteiger partial charge in [0.1, 0.15) is 27.8 Å². The van der Waals surface area contributed by atoms with Gasteiger partial charge in [0.25, 0.3) is 5.91 Å². The fourth-order valence-corrected chi connectivity index (χ4v) is 5.09. The zero-order valence-corrected chi connectivity index (χ0v) is 13.9. The van der Waals surface area contributed by atoms with Crippen LogP contribution in [0.1, 0.15) is 47.3 Å². The minimum atomic E-state index is -0.289. The van der Waals surface area contributed by atoms with Crippen LogP contribution < -0.4 is 16.4 Å². The summed E-state index contributed by atoms with van der Waals surface area (Å²) in [6.45, 7) is 0. The fourth-order valence-electron chi connectivity index (χ4n) is 3.50. The molecule has 1 amide bonds. The van der Waals surface area contributed by atoms with E-state index in [1.807, 2.05) is 0 Å². The maximum absolute atomic E-state index is 12.4.